The Morgan fingerprint density at radius 2 is 1.94 bits per heavy atom. The van der Waals surface area contributed by atoms with E-state index in [1.54, 1.807) is 0 Å². The molecule has 1 aromatic heterocycles. The van der Waals surface area contributed by atoms with E-state index in [2.05, 4.69) is 15.0 Å². The van der Waals surface area contributed by atoms with Gasteiger partial charge in [-0.3, -0.25) is 0 Å². The first-order valence-corrected chi connectivity index (χ1v) is 4.89. The Balaban J connectivity index is 2.55. The van der Waals surface area contributed by atoms with Crippen LogP contribution in [0, 0.1) is 11.6 Å². The van der Waals surface area contributed by atoms with E-state index in [0.717, 1.165) is 12.1 Å². The summed E-state index contributed by atoms with van der Waals surface area (Å²) < 4.78 is 31.0. The molecule has 0 fully saturated rings. The van der Waals surface area contributed by atoms with Crippen molar-refractivity contribution >= 4 is 11.6 Å². The van der Waals surface area contributed by atoms with Gasteiger partial charge >= 0.3 is 6.01 Å². The lowest BCUT2D eigenvalue weighted by Gasteiger charge is -2.04. The van der Waals surface area contributed by atoms with Crippen molar-refractivity contribution in [2.75, 3.05) is 7.11 Å². The average molecular weight is 258 g/mol. The van der Waals surface area contributed by atoms with E-state index in [1.807, 2.05) is 0 Å². The summed E-state index contributed by atoms with van der Waals surface area (Å²) in [6.45, 7) is 0. The smallest absolute Gasteiger partial charge is 0.321 e. The summed E-state index contributed by atoms with van der Waals surface area (Å²) in [4.78, 5) is 11.2. The topological polar surface area (TPSA) is 47.9 Å². The molecule has 0 amide bonds. The molecule has 1 aromatic carbocycles. The van der Waals surface area contributed by atoms with E-state index >= 15 is 0 Å². The van der Waals surface area contributed by atoms with Gasteiger partial charge in [0.1, 0.15) is 11.6 Å². The lowest BCUT2D eigenvalue weighted by Crippen LogP contribution is -1.99. The molecule has 0 atom stereocenters. The summed E-state index contributed by atoms with van der Waals surface area (Å²) >= 11 is 5.62. The summed E-state index contributed by atoms with van der Waals surface area (Å²) in [6, 6.07) is 3.02. The molecule has 0 unspecified atom stereocenters. The third-order valence-electron chi connectivity index (χ3n) is 1.94. The van der Waals surface area contributed by atoms with Gasteiger partial charge < -0.3 is 4.74 Å². The van der Waals surface area contributed by atoms with E-state index in [4.69, 9.17) is 16.3 Å². The lowest BCUT2D eigenvalue weighted by molar-refractivity contribution is 0.378. The van der Waals surface area contributed by atoms with Gasteiger partial charge in [0, 0.05) is 6.07 Å². The molecule has 88 valence electrons. The van der Waals surface area contributed by atoms with Gasteiger partial charge in [-0.1, -0.05) is 0 Å². The van der Waals surface area contributed by atoms with Crippen LogP contribution in [-0.4, -0.2) is 22.1 Å². The quantitative estimate of drug-likeness (QED) is 0.829. The Hall–Kier alpha value is -1.82. The highest BCUT2D eigenvalue weighted by Crippen LogP contribution is 2.22. The van der Waals surface area contributed by atoms with Gasteiger partial charge in [0.2, 0.25) is 5.28 Å². The minimum Gasteiger partial charge on any atom is -0.467 e. The van der Waals surface area contributed by atoms with E-state index in [1.165, 1.54) is 13.2 Å². The predicted octanol–water partition coefficient (Wildman–Crippen LogP) is 2.48. The normalized spacial score (nSPS) is 10.4. The number of rotatable bonds is 2. The number of ether oxygens (including phenoxy) is 1. The van der Waals surface area contributed by atoms with Gasteiger partial charge in [-0.15, -0.1) is 0 Å². The van der Waals surface area contributed by atoms with Gasteiger partial charge in [-0.05, 0) is 23.7 Å². The second-order valence-electron chi connectivity index (χ2n) is 3.04. The molecule has 0 saturated carbocycles. The fraction of sp³-hybridized carbons (Fsp3) is 0.100. The van der Waals surface area contributed by atoms with Crippen LogP contribution in [0.25, 0.3) is 11.4 Å². The van der Waals surface area contributed by atoms with Crippen LogP contribution in [0.3, 0.4) is 0 Å². The SMILES string of the molecule is COc1nc(Cl)nc(-c2ccc(F)cc2F)n1. The number of benzene rings is 1. The highest BCUT2D eigenvalue weighted by molar-refractivity contribution is 6.28. The molecular formula is C10H6ClF2N3O. The molecule has 0 aliphatic rings. The van der Waals surface area contributed by atoms with Crippen LogP contribution in [0.5, 0.6) is 6.01 Å². The maximum absolute atomic E-state index is 13.5. The molecule has 0 saturated heterocycles. The predicted molar refractivity (Wildman–Crippen MR) is 56.7 cm³/mol. The highest BCUT2D eigenvalue weighted by Gasteiger charge is 2.12. The summed E-state index contributed by atoms with van der Waals surface area (Å²) in [7, 11) is 1.34. The number of nitrogens with zero attached hydrogens (tertiary/aromatic N) is 3. The van der Waals surface area contributed by atoms with Gasteiger partial charge in [0.05, 0.1) is 12.7 Å². The van der Waals surface area contributed by atoms with Crippen LogP contribution in [0.4, 0.5) is 8.78 Å². The van der Waals surface area contributed by atoms with Gasteiger partial charge in [-0.2, -0.15) is 15.0 Å². The molecule has 4 nitrogen and oxygen atoms in total. The molecule has 1 heterocycles. The van der Waals surface area contributed by atoms with Crippen LogP contribution < -0.4 is 4.74 Å². The monoisotopic (exact) mass is 257 g/mol. The number of hydrogen-bond acceptors (Lipinski definition) is 4. The molecular weight excluding hydrogens is 252 g/mol. The molecule has 7 heteroatoms. The van der Waals surface area contributed by atoms with Crippen LogP contribution in [0.1, 0.15) is 0 Å². The first kappa shape index (κ1) is 11.7. The first-order valence-electron chi connectivity index (χ1n) is 4.51. The van der Waals surface area contributed by atoms with Crippen molar-refractivity contribution in [2.24, 2.45) is 0 Å². The zero-order valence-corrected chi connectivity index (χ0v) is 9.37. The van der Waals surface area contributed by atoms with Crippen molar-refractivity contribution in [1.29, 1.82) is 0 Å². The number of hydrogen-bond donors (Lipinski definition) is 0. The minimum atomic E-state index is -0.783. The molecule has 0 aliphatic heterocycles. The molecule has 2 aromatic rings. The Labute approximate surface area is 100 Å². The Morgan fingerprint density at radius 3 is 2.59 bits per heavy atom. The van der Waals surface area contributed by atoms with Crippen molar-refractivity contribution in [2.45, 2.75) is 0 Å². The molecule has 0 N–H and O–H groups in total. The summed E-state index contributed by atoms with van der Waals surface area (Å²) in [5, 5.41) is -0.129. The third-order valence-corrected chi connectivity index (χ3v) is 2.11. The van der Waals surface area contributed by atoms with Crippen molar-refractivity contribution in [3.63, 3.8) is 0 Å². The Bertz CT molecular complexity index is 565. The Morgan fingerprint density at radius 1 is 1.18 bits per heavy atom. The summed E-state index contributed by atoms with van der Waals surface area (Å²) in [5.74, 6) is -1.48. The maximum Gasteiger partial charge on any atom is 0.321 e. The molecule has 2 rings (SSSR count). The largest absolute Gasteiger partial charge is 0.467 e. The lowest BCUT2D eigenvalue weighted by atomic mass is 10.2. The van der Waals surface area contributed by atoms with Crippen molar-refractivity contribution in [3.8, 4) is 17.4 Å². The zero-order valence-electron chi connectivity index (χ0n) is 8.62. The van der Waals surface area contributed by atoms with Crippen LogP contribution >= 0.6 is 11.6 Å². The summed E-state index contributed by atoms with van der Waals surface area (Å²) in [6.07, 6.45) is 0. The maximum atomic E-state index is 13.5. The van der Waals surface area contributed by atoms with E-state index in [-0.39, 0.29) is 22.7 Å². The minimum absolute atomic E-state index is 0.0145. The van der Waals surface area contributed by atoms with Crippen LogP contribution in [-0.2, 0) is 0 Å². The van der Waals surface area contributed by atoms with Crippen LogP contribution in [0.2, 0.25) is 5.28 Å². The summed E-state index contributed by atoms with van der Waals surface area (Å²) in [5.41, 5.74) is 0.0222. The zero-order chi connectivity index (χ0) is 12.4. The molecule has 17 heavy (non-hydrogen) atoms. The third kappa shape index (κ3) is 2.47. The van der Waals surface area contributed by atoms with E-state index in [9.17, 15) is 8.78 Å². The fourth-order valence-electron chi connectivity index (χ4n) is 1.21. The van der Waals surface area contributed by atoms with E-state index < -0.39 is 11.6 Å². The second kappa shape index (κ2) is 4.58. The highest BCUT2D eigenvalue weighted by atomic mass is 35.5. The number of methoxy groups -OCH3 is 1. The number of aromatic nitrogens is 3. The fourth-order valence-corrected chi connectivity index (χ4v) is 1.37. The molecule has 0 spiro atoms. The number of halogens is 3. The van der Waals surface area contributed by atoms with E-state index in [0.29, 0.717) is 0 Å². The standard InChI is InChI=1S/C10H6ClF2N3O/c1-17-10-15-8(14-9(11)16-10)6-3-2-5(12)4-7(6)13/h2-4H,1H3. The molecule has 0 radical (unpaired) electrons. The average Bonchev–Trinajstić information content (AvgIpc) is 2.28. The van der Waals surface area contributed by atoms with Crippen LogP contribution in [0.15, 0.2) is 18.2 Å². The molecule has 0 aliphatic carbocycles. The van der Waals surface area contributed by atoms with Crippen molar-refractivity contribution < 1.29 is 13.5 Å². The van der Waals surface area contributed by atoms with Gasteiger partial charge in [0.15, 0.2) is 5.82 Å². The molecule has 0 bridgehead atoms. The van der Waals surface area contributed by atoms with Crippen molar-refractivity contribution in [3.05, 3.63) is 35.1 Å². The van der Waals surface area contributed by atoms with Crippen molar-refractivity contribution in [1.82, 2.24) is 15.0 Å². The Kier molecular flexibility index (Phi) is 3.14. The second-order valence-corrected chi connectivity index (χ2v) is 3.38. The first-order chi connectivity index (χ1) is 8.10. The van der Waals surface area contributed by atoms with Gasteiger partial charge in [0.25, 0.3) is 0 Å². The van der Waals surface area contributed by atoms with Gasteiger partial charge in [-0.25, -0.2) is 8.78 Å².